The van der Waals surface area contributed by atoms with Crippen LogP contribution in [0.3, 0.4) is 0 Å². The molecule has 1 aliphatic rings. The molecule has 94 valence electrons. The first-order valence-electron chi connectivity index (χ1n) is 5.33. The van der Waals surface area contributed by atoms with Crippen LogP contribution in [0.2, 0.25) is 0 Å². The van der Waals surface area contributed by atoms with Gasteiger partial charge in [0.1, 0.15) is 12.1 Å². The van der Waals surface area contributed by atoms with Crippen molar-refractivity contribution in [2.45, 2.75) is 50.9 Å². The van der Waals surface area contributed by atoms with Crippen molar-refractivity contribution < 1.29 is 22.7 Å². The first-order chi connectivity index (χ1) is 7.30. The van der Waals surface area contributed by atoms with E-state index in [1.54, 1.807) is 0 Å². The Labute approximate surface area is 92.1 Å². The summed E-state index contributed by atoms with van der Waals surface area (Å²) in [4.78, 5) is 11.1. The van der Waals surface area contributed by atoms with Crippen molar-refractivity contribution in [2.24, 2.45) is 11.7 Å². The van der Waals surface area contributed by atoms with Gasteiger partial charge in [0.15, 0.2) is 0 Å². The average molecular weight is 239 g/mol. The number of halogens is 3. The minimum Gasteiger partial charge on any atom is -0.461 e. The fourth-order valence-corrected chi connectivity index (χ4v) is 1.78. The Hall–Kier alpha value is -0.780. The summed E-state index contributed by atoms with van der Waals surface area (Å²) in [5, 5.41) is 0. The predicted octanol–water partition coefficient (Wildman–Crippen LogP) is 2.00. The highest BCUT2D eigenvalue weighted by molar-refractivity contribution is 5.75. The van der Waals surface area contributed by atoms with E-state index in [1.807, 2.05) is 0 Å². The van der Waals surface area contributed by atoms with E-state index in [0.717, 1.165) is 0 Å². The van der Waals surface area contributed by atoms with E-state index in [0.29, 0.717) is 0 Å². The largest absolute Gasteiger partial charge is 0.461 e. The lowest BCUT2D eigenvalue weighted by Gasteiger charge is -2.29. The molecule has 2 N–H and O–H groups in total. The number of carbonyl (C=O) groups is 1. The number of rotatable bonds is 2. The van der Waals surface area contributed by atoms with Gasteiger partial charge in [-0.15, -0.1) is 0 Å². The van der Waals surface area contributed by atoms with E-state index in [4.69, 9.17) is 10.5 Å². The highest BCUT2D eigenvalue weighted by Crippen LogP contribution is 2.38. The Morgan fingerprint density at radius 1 is 1.31 bits per heavy atom. The predicted molar refractivity (Wildman–Crippen MR) is 51.5 cm³/mol. The topological polar surface area (TPSA) is 52.3 Å². The van der Waals surface area contributed by atoms with Gasteiger partial charge in [0.25, 0.3) is 0 Å². The maximum Gasteiger partial charge on any atom is 0.391 e. The second-order valence-electron chi connectivity index (χ2n) is 4.24. The lowest BCUT2D eigenvalue weighted by atomic mass is 9.87. The second-order valence-corrected chi connectivity index (χ2v) is 4.24. The molecular formula is C10H16F3NO2. The third-order valence-corrected chi connectivity index (χ3v) is 2.79. The first-order valence-corrected chi connectivity index (χ1v) is 5.33. The molecule has 1 atom stereocenters. The van der Waals surface area contributed by atoms with Gasteiger partial charge in [-0.05, 0) is 32.6 Å². The Morgan fingerprint density at radius 3 is 2.19 bits per heavy atom. The van der Waals surface area contributed by atoms with Crippen molar-refractivity contribution in [1.82, 2.24) is 0 Å². The van der Waals surface area contributed by atoms with Gasteiger partial charge in [0.05, 0.1) is 5.92 Å². The number of carbonyl (C=O) groups excluding carboxylic acids is 1. The quantitative estimate of drug-likeness (QED) is 0.750. The monoisotopic (exact) mass is 239 g/mol. The van der Waals surface area contributed by atoms with Crippen LogP contribution in [0.5, 0.6) is 0 Å². The highest BCUT2D eigenvalue weighted by Gasteiger charge is 2.42. The van der Waals surface area contributed by atoms with Gasteiger partial charge in [0.2, 0.25) is 0 Å². The van der Waals surface area contributed by atoms with Crippen LogP contribution in [-0.2, 0) is 9.53 Å². The molecule has 0 radical (unpaired) electrons. The zero-order chi connectivity index (χ0) is 12.3. The van der Waals surface area contributed by atoms with E-state index < -0.39 is 30.2 Å². The van der Waals surface area contributed by atoms with E-state index in [-0.39, 0.29) is 25.7 Å². The van der Waals surface area contributed by atoms with Crippen LogP contribution >= 0.6 is 0 Å². The Morgan fingerprint density at radius 2 is 1.81 bits per heavy atom. The minimum atomic E-state index is -4.13. The summed E-state index contributed by atoms with van der Waals surface area (Å²) in [7, 11) is 0. The van der Waals surface area contributed by atoms with Gasteiger partial charge in [0, 0.05) is 0 Å². The number of alkyl halides is 3. The van der Waals surface area contributed by atoms with Gasteiger partial charge in [-0.3, -0.25) is 4.79 Å². The molecule has 1 fully saturated rings. The Kier molecular flexibility index (Phi) is 4.18. The Balaban J connectivity index is 2.35. The maximum atomic E-state index is 12.3. The zero-order valence-electron chi connectivity index (χ0n) is 9.09. The first kappa shape index (κ1) is 13.3. The number of ether oxygens (including phenoxy) is 1. The van der Waals surface area contributed by atoms with Crippen LogP contribution in [0.15, 0.2) is 0 Å². The summed E-state index contributed by atoms with van der Waals surface area (Å²) in [6, 6.07) is -0.722. The average Bonchev–Trinajstić information content (AvgIpc) is 2.17. The summed E-state index contributed by atoms with van der Waals surface area (Å²) in [5.74, 6) is -1.80. The smallest absolute Gasteiger partial charge is 0.391 e. The molecule has 0 aliphatic heterocycles. The highest BCUT2D eigenvalue weighted by atomic mass is 19.4. The van der Waals surface area contributed by atoms with Gasteiger partial charge >= 0.3 is 12.1 Å². The van der Waals surface area contributed by atoms with Crippen LogP contribution < -0.4 is 5.73 Å². The summed E-state index contributed by atoms with van der Waals surface area (Å²) >= 11 is 0. The molecule has 0 aromatic heterocycles. The van der Waals surface area contributed by atoms with Crippen LogP contribution in [0.25, 0.3) is 0 Å². The van der Waals surface area contributed by atoms with Crippen LogP contribution in [0.1, 0.15) is 32.6 Å². The lowest BCUT2D eigenvalue weighted by molar-refractivity contribution is -0.188. The summed E-state index contributed by atoms with van der Waals surface area (Å²) in [6.45, 7) is 1.49. The third-order valence-electron chi connectivity index (χ3n) is 2.79. The third kappa shape index (κ3) is 3.66. The summed E-state index contributed by atoms with van der Waals surface area (Å²) in [6.07, 6.45) is -3.94. The second kappa shape index (κ2) is 5.03. The molecule has 1 rings (SSSR count). The SMILES string of the molecule is C[C@H](N)C(=O)O[C@H]1CC[C@H](C(F)(F)F)CC1. The summed E-state index contributed by atoms with van der Waals surface area (Å²) in [5.41, 5.74) is 5.30. The molecule has 16 heavy (non-hydrogen) atoms. The van der Waals surface area contributed by atoms with Gasteiger partial charge in [-0.2, -0.15) is 13.2 Å². The molecule has 0 aromatic rings. The van der Waals surface area contributed by atoms with E-state index in [1.165, 1.54) is 6.92 Å². The fraction of sp³-hybridized carbons (Fsp3) is 0.900. The number of esters is 1. The summed E-state index contributed by atoms with van der Waals surface area (Å²) < 4.78 is 42.0. The van der Waals surface area contributed by atoms with Gasteiger partial charge in [-0.1, -0.05) is 0 Å². The van der Waals surface area contributed by atoms with Crippen molar-refractivity contribution in [3.8, 4) is 0 Å². The van der Waals surface area contributed by atoms with Gasteiger partial charge < -0.3 is 10.5 Å². The van der Waals surface area contributed by atoms with E-state index in [2.05, 4.69) is 0 Å². The van der Waals surface area contributed by atoms with Crippen molar-refractivity contribution in [1.29, 1.82) is 0 Å². The molecule has 0 aromatic carbocycles. The lowest BCUT2D eigenvalue weighted by Crippen LogP contribution is -2.36. The standard InChI is InChI=1S/C10H16F3NO2/c1-6(14)9(15)16-8-4-2-7(3-5-8)10(11,12)13/h6-8H,2-5,14H2,1H3/t6-,7-,8-/m0/s1. The van der Waals surface area contributed by atoms with E-state index in [9.17, 15) is 18.0 Å². The molecule has 0 spiro atoms. The van der Waals surface area contributed by atoms with Crippen molar-refractivity contribution in [3.05, 3.63) is 0 Å². The molecule has 3 nitrogen and oxygen atoms in total. The van der Waals surface area contributed by atoms with Crippen LogP contribution in [0, 0.1) is 5.92 Å². The van der Waals surface area contributed by atoms with Crippen LogP contribution in [0.4, 0.5) is 13.2 Å². The molecule has 1 saturated carbocycles. The van der Waals surface area contributed by atoms with Crippen LogP contribution in [-0.4, -0.2) is 24.3 Å². The van der Waals surface area contributed by atoms with Gasteiger partial charge in [-0.25, -0.2) is 0 Å². The molecular weight excluding hydrogens is 223 g/mol. The number of hydrogen-bond acceptors (Lipinski definition) is 3. The number of hydrogen-bond donors (Lipinski definition) is 1. The number of nitrogens with two attached hydrogens (primary N) is 1. The fourth-order valence-electron chi connectivity index (χ4n) is 1.78. The minimum absolute atomic E-state index is 0.0282. The molecule has 0 saturated heterocycles. The van der Waals surface area contributed by atoms with Crippen molar-refractivity contribution in [3.63, 3.8) is 0 Å². The molecule has 1 aliphatic carbocycles. The van der Waals surface area contributed by atoms with Crippen molar-refractivity contribution >= 4 is 5.97 Å². The Bertz CT molecular complexity index is 245. The molecule has 0 unspecified atom stereocenters. The van der Waals surface area contributed by atoms with E-state index >= 15 is 0 Å². The molecule has 0 heterocycles. The maximum absolute atomic E-state index is 12.3. The molecule has 0 bridgehead atoms. The molecule has 6 heteroatoms. The van der Waals surface area contributed by atoms with Crippen molar-refractivity contribution in [2.75, 3.05) is 0 Å². The zero-order valence-corrected chi connectivity index (χ0v) is 9.09. The normalized spacial score (nSPS) is 28.6. The molecule has 0 amide bonds.